The first-order valence-corrected chi connectivity index (χ1v) is 6.25. The van der Waals surface area contributed by atoms with Crippen molar-refractivity contribution in [1.29, 1.82) is 0 Å². The molecule has 1 aliphatic carbocycles. The summed E-state index contributed by atoms with van der Waals surface area (Å²) in [5, 5.41) is 3.27. The summed E-state index contributed by atoms with van der Waals surface area (Å²) >= 11 is 0. The van der Waals surface area contributed by atoms with Crippen molar-refractivity contribution in [3.05, 3.63) is 0 Å². The summed E-state index contributed by atoms with van der Waals surface area (Å²) in [4.78, 5) is 11.6. The largest absolute Gasteiger partial charge is 0.462 e. The van der Waals surface area contributed by atoms with E-state index in [1.165, 1.54) is 19.3 Å². The lowest BCUT2D eigenvalue weighted by molar-refractivity contribution is -0.151. The van der Waals surface area contributed by atoms with Crippen LogP contribution in [-0.4, -0.2) is 25.2 Å². The molecule has 1 atom stereocenters. The monoisotopic (exact) mass is 211 g/mol. The standard InChI is InChI=1S/C12H21NO2/c14-12(8-10-6-7-13-9-10)15-11-4-2-1-3-5-11/h10-11,13H,1-9H2. The average Bonchev–Trinajstić information content (AvgIpc) is 2.71. The number of nitrogens with one attached hydrogen (secondary N) is 1. The third-order valence-electron chi connectivity index (χ3n) is 3.47. The fraction of sp³-hybridized carbons (Fsp3) is 0.917. The lowest BCUT2D eigenvalue weighted by atomic mass is 9.97. The van der Waals surface area contributed by atoms with E-state index in [1.54, 1.807) is 0 Å². The van der Waals surface area contributed by atoms with Gasteiger partial charge in [-0.15, -0.1) is 0 Å². The second kappa shape index (κ2) is 5.50. The molecular formula is C12H21NO2. The van der Waals surface area contributed by atoms with Gasteiger partial charge < -0.3 is 10.1 Å². The van der Waals surface area contributed by atoms with Crippen LogP contribution in [0.2, 0.25) is 0 Å². The van der Waals surface area contributed by atoms with Gasteiger partial charge in [-0.1, -0.05) is 6.42 Å². The molecule has 1 saturated heterocycles. The van der Waals surface area contributed by atoms with Crippen molar-refractivity contribution in [2.24, 2.45) is 5.92 Å². The van der Waals surface area contributed by atoms with E-state index in [0.29, 0.717) is 12.3 Å². The molecule has 3 nitrogen and oxygen atoms in total. The molecule has 2 aliphatic rings. The molecule has 0 aromatic rings. The molecule has 1 N–H and O–H groups in total. The summed E-state index contributed by atoms with van der Waals surface area (Å²) in [5.74, 6) is 0.539. The Morgan fingerprint density at radius 2 is 2.00 bits per heavy atom. The molecule has 86 valence electrons. The zero-order valence-corrected chi connectivity index (χ0v) is 9.34. The minimum absolute atomic E-state index is 0.0237. The van der Waals surface area contributed by atoms with E-state index in [4.69, 9.17) is 4.74 Å². The first kappa shape index (κ1) is 10.9. The van der Waals surface area contributed by atoms with E-state index in [2.05, 4.69) is 5.32 Å². The number of carbonyl (C=O) groups is 1. The van der Waals surface area contributed by atoms with Gasteiger partial charge >= 0.3 is 5.97 Å². The topological polar surface area (TPSA) is 38.3 Å². The van der Waals surface area contributed by atoms with Crippen molar-refractivity contribution in [2.45, 2.75) is 51.0 Å². The van der Waals surface area contributed by atoms with Gasteiger partial charge in [0, 0.05) is 6.42 Å². The summed E-state index contributed by atoms with van der Waals surface area (Å²) in [6.45, 7) is 2.04. The fourth-order valence-corrected chi connectivity index (χ4v) is 2.54. The summed E-state index contributed by atoms with van der Waals surface area (Å²) in [6.07, 6.45) is 7.87. The molecule has 0 spiro atoms. The van der Waals surface area contributed by atoms with Gasteiger partial charge in [-0.2, -0.15) is 0 Å². The second-order valence-corrected chi connectivity index (χ2v) is 4.81. The second-order valence-electron chi connectivity index (χ2n) is 4.81. The van der Waals surface area contributed by atoms with Crippen molar-refractivity contribution in [3.8, 4) is 0 Å². The summed E-state index contributed by atoms with van der Waals surface area (Å²) in [7, 11) is 0. The first-order valence-electron chi connectivity index (χ1n) is 6.25. The van der Waals surface area contributed by atoms with Gasteiger partial charge in [0.05, 0.1) is 0 Å². The summed E-state index contributed by atoms with van der Waals surface area (Å²) in [6, 6.07) is 0. The maximum Gasteiger partial charge on any atom is 0.306 e. The van der Waals surface area contributed by atoms with E-state index >= 15 is 0 Å². The Bertz CT molecular complexity index is 206. The van der Waals surface area contributed by atoms with Crippen LogP contribution in [-0.2, 0) is 9.53 Å². The fourth-order valence-electron chi connectivity index (χ4n) is 2.54. The zero-order valence-electron chi connectivity index (χ0n) is 9.34. The van der Waals surface area contributed by atoms with E-state index in [-0.39, 0.29) is 12.1 Å². The Morgan fingerprint density at radius 3 is 2.67 bits per heavy atom. The molecule has 0 amide bonds. The van der Waals surface area contributed by atoms with Crippen molar-refractivity contribution < 1.29 is 9.53 Å². The van der Waals surface area contributed by atoms with Crippen molar-refractivity contribution in [1.82, 2.24) is 5.32 Å². The van der Waals surface area contributed by atoms with Gasteiger partial charge in [0.2, 0.25) is 0 Å². The lowest BCUT2D eigenvalue weighted by Crippen LogP contribution is -2.23. The van der Waals surface area contributed by atoms with Crippen molar-refractivity contribution in [2.75, 3.05) is 13.1 Å². The molecule has 0 aromatic carbocycles. The first-order chi connectivity index (χ1) is 7.34. The van der Waals surface area contributed by atoms with Crippen molar-refractivity contribution >= 4 is 5.97 Å². The highest BCUT2D eigenvalue weighted by Gasteiger charge is 2.22. The molecule has 2 fully saturated rings. The van der Waals surface area contributed by atoms with Gasteiger partial charge in [0.1, 0.15) is 6.10 Å². The van der Waals surface area contributed by atoms with Crippen LogP contribution in [0.5, 0.6) is 0 Å². The Labute approximate surface area is 91.6 Å². The predicted molar refractivity (Wildman–Crippen MR) is 58.6 cm³/mol. The van der Waals surface area contributed by atoms with Gasteiger partial charge in [0.15, 0.2) is 0 Å². The molecule has 3 heteroatoms. The zero-order chi connectivity index (χ0) is 10.5. The van der Waals surface area contributed by atoms with Gasteiger partial charge in [-0.05, 0) is 51.1 Å². The van der Waals surface area contributed by atoms with Crippen LogP contribution >= 0.6 is 0 Å². The lowest BCUT2D eigenvalue weighted by Gasteiger charge is -2.22. The quantitative estimate of drug-likeness (QED) is 0.724. The number of carbonyl (C=O) groups excluding carboxylic acids is 1. The third-order valence-corrected chi connectivity index (χ3v) is 3.47. The third kappa shape index (κ3) is 3.49. The Hall–Kier alpha value is -0.570. The van der Waals surface area contributed by atoms with Gasteiger partial charge in [-0.25, -0.2) is 0 Å². The molecule has 0 bridgehead atoms. The highest BCUT2D eigenvalue weighted by molar-refractivity contribution is 5.70. The maximum atomic E-state index is 11.6. The molecule has 0 radical (unpaired) electrons. The molecule has 1 heterocycles. The predicted octanol–water partition coefficient (Wildman–Crippen LogP) is 1.86. The van der Waals surface area contributed by atoms with Crippen LogP contribution in [0, 0.1) is 5.92 Å². The van der Waals surface area contributed by atoms with Crippen LogP contribution in [0.1, 0.15) is 44.9 Å². The maximum absolute atomic E-state index is 11.6. The summed E-state index contributed by atoms with van der Waals surface area (Å²) in [5.41, 5.74) is 0. The van der Waals surface area contributed by atoms with Crippen LogP contribution in [0.4, 0.5) is 0 Å². The normalized spacial score (nSPS) is 27.9. The number of hydrogen-bond acceptors (Lipinski definition) is 3. The SMILES string of the molecule is O=C(CC1CCNC1)OC1CCCCC1. The number of hydrogen-bond donors (Lipinski definition) is 1. The Kier molecular flexibility index (Phi) is 4.01. The van der Waals surface area contributed by atoms with Crippen molar-refractivity contribution in [3.63, 3.8) is 0 Å². The molecular weight excluding hydrogens is 190 g/mol. The molecule has 1 unspecified atom stereocenters. The number of ether oxygens (including phenoxy) is 1. The van der Waals surface area contributed by atoms with Gasteiger partial charge in [0.25, 0.3) is 0 Å². The van der Waals surface area contributed by atoms with Crippen LogP contribution in [0.25, 0.3) is 0 Å². The minimum atomic E-state index is 0.0237. The van der Waals surface area contributed by atoms with Gasteiger partial charge in [-0.3, -0.25) is 4.79 Å². The van der Waals surface area contributed by atoms with Crippen LogP contribution in [0.3, 0.4) is 0 Å². The van der Waals surface area contributed by atoms with E-state index in [1.807, 2.05) is 0 Å². The summed E-state index contributed by atoms with van der Waals surface area (Å²) < 4.78 is 5.49. The van der Waals surface area contributed by atoms with Crippen LogP contribution in [0.15, 0.2) is 0 Å². The molecule has 1 saturated carbocycles. The minimum Gasteiger partial charge on any atom is -0.462 e. The highest BCUT2D eigenvalue weighted by atomic mass is 16.5. The van der Waals surface area contributed by atoms with E-state index in [0.717, 1.165) is 32.4 Å². The smallest absolute Gasteiger partial charge is 0.306 e. The van der Waals surface area contributed by atoms with E-state index in [9.17, 15) is 4.79 Å². The highest BCUT2D eigenvalue weighted by Crippen LogP contribution is 2.22. The number of rotatable bonds is 3. The molecule has 0 aromatic heterocycles. The van der Waals surface area contributed by atoms with E-state index < -0.39 is 0 Å². The molecule has 2 rings (SSSR count). The molecule has 15 heavy (non-hydrogen) atoms. The Balaban J connectivity index is 1.66. The Morgan fingerprint density at radius 1 is 1.20 bits per heavy atom. The molecule has 1 aliphatic heterocycles. The number of esters is 1. The average molecular weight is 211 g/mol. The van der Waals surface area contributed by atoms with Crippen LogP contribution < -0.4 is 5.32 Å².